The third-order valence-electron chi connectivity index (χ3n) is 1.93. The lowest BCUT2D eigenvalue weighted by molar-refractivity contribution is -0.147. The first-order chi connectivity index (χ1) is 8.13. The lowest BCUT2D eigenvalue weighted by Crippen LogP contribution is -2.17. The zero-order valence-electron chi connectivity index (χ0n) is 11.7. The van der Waals surface area contributed by atoms with Crippen LogP contribution in [0.25, 0.3) is 0 Å². The van der Waals surface area contributed by atoms with Crippen LogP contribution in [0.4, 0.5) is 0 Å². The molecule has 4 nitrogen and oxygen atoms in total. The molecule has 102 valence electrons. The Labute approximate surface area is 109 Å². The van der Waals surface area contributed by atoms with E-state index in [1.807, 2.05) is 20.8 Å². The van der Waals surface area contributed by atoms with Gasteiger partial charge in [0.15, 0.2) is 0 Å². The van der Waals surface area contributed by atoms with E-state index in [-0.39, 0.29) is 18.6 Å². The summed E-state index contributed by atoms with van der Waals surface area (Å²) in [6, 6.07) is 0. The predicted octanol–water partition coefficient (Wildman–Crippen LogP) is 2.64. The molecule has 0 heterocycles. The van der Waals surface area contributed by atoms with Gasteiger partial charge in [-0.1, -0.05) is 33.9 Å². The number of carbonyl (C=O) groups is 2. The summed E-state index contributed by atoms with van der Waals surface area (Å²) in [6.45, 7) is 14.8. The van der Waals surface area contributed by atoms with Crippen LogP contribution < -0.4 is 0 Å². The first-order valence-electron chi connectivity index (χ1n) is 5.81. The van der Waals surface area contributed by atoms with E-state index in [9.17, 15) is 9.59 Å². The standard InChI is InChI=1S/C14H22O4/c1-10(2)12(15)17-7-8-18-13(16)11(3)9-14(4,5)6/h1,3,7-9H2,2,4-6H3. The minimum Gasteiger partial charge on any atom is -0.459 e. The fraction of sp³-hybridized carbons (Fsp3) is 0.571. The van der Waals surface area contributed by atoms with Gasteiger partial charge in [-0.25, -0.2) is 9.59 Å². The highest BCUT2D eigenvalue weighted by Gasteiger charge is 2.17. The van der Waals surface area contributed by atoms with Crippen LogP contribution in [0.2, 0.25) is 0 Å². The molecule has 0 aliphatic carbocycles. The van der Waals surface area contributed by atoms with Crippen molar-refractivity contribution in [2.24, 2.45) is 5.41 Å². The molecular weight excluding hydrogens is 232 g/mol. The largest absolute Gasteiger partial charge is 0.459 e. The highest BCUT2D eigenvalue weighted by molar-refractivity contribution is 5.88. The van der Waals surface area contributed by atoms with Crippen molar-refractivity contribution in [1.82, 2.24) is 0 Å². The number of hydrogen-bond donors (Lipinski definition) is 0. The van der Waals surface area contributed by atoms with E-state index in [1.165, 1.54) is 0 Å². The second-order valence-electron chi connectivity index (χ2n) is 5.39. The Bertz CT molecular complexity index is 347. The van der Waals surface area contributed by atoms with Crippen LogP contribution in [0, 0.1) is 5.41 Å². The molecule has 0 N–H and O–H groups in total. The maximum atomic E-state index is 11.5. The zero-order chi connectivity index (χ0) is 14.3. The number of hydrogen-bond acceptors (Lipinski definition) is 4. The Morgan fingerprint density at radius 1 is 1.00 bits per heavy atom. The smallest absolute Gasteiger partial charge is 0.333 e. The third-order valence-corrected chi connectivity index (χ3v) is 1.93. The molecule has 0 unspecified atom stereocenters. The molecule has 0 aliphatic heterocycles. The monoisotopic (exact) mass is 254 g/mol. The van der Waals surface area contributed by atoms with Gasteiger partial charge >= 0.3 is 11.9 Å². The molecule has 0 bridgehead atoms. The molecular formula is C14H22O4. The maximum Gasteiger partial charge on any atom is 0.333 e. The van der Waals surface area contributed by atoms with Crippen LogP contribution in [0.5, 0.6) is 0 Å². The fourth-order valence-corrected chi connectivity index (χ4v) is 1.21. The van der Waals surface area contributed by atoms with E-state index < -0.39 is 11.9 Å². The molecule has 0 aromatic rings. The van der Waals surface area contributed by atoms with E-state index >= 15 is 0 Å². The minimum atomic E-state index is -0.487. The Hall–Kier alpha value is -1.58. The summed E-state index contributed by atoms with van der Waals surface area (Å²) in [6.07, 6.45) is 0.567. The van der Waals surface area contributed by atoms with E-state index in [1.54, 1.807) is 6.92 Å². The summed E-state index contributed by atoms with van der Waals surface area (Å²) in [5, 5.41) is 0. The van der Waals surface area contributed by atoms with E-state index in [0.717, 1.165) is 0 Å². The first kappa shape index (κ1) is 16.4. The number of carbonyl (C=O) groups excluding carboxylic acids is 2. The van der Waals surface area contributed by atoms with Gasteiger partial charge in [-0.15, -0.1) is 0 Å². The number of esters is 2. The summed E-state index contributed by atoms with van der Waals surface area (Å²) in [7, 11) is 0. The average Bonchev–Trinajstić information content (AvgIpc) is 2.20. The maximum absolute atomic E-state index is 11.5. The summed E-state index contributed by atoms with van der Waals surface area (Å²) in [5.74, 6) is -0.934. The summed E-state index contributed by atoms with van der Waals surface area (Å²) in [5.41, 5.74) is 0.731. The molecule has 0 spiro atoms. The van der Waals surface area contributed by atoms with Gasteiger partial charge in [0, 0.05) is 11.1 Å². The zero-order valence-corrected chi connectivity index (χ0v) is 11.7. The van der Waals surface area contributed by atoms with Gasteiger partial charge in [-0.3, -0.25) is 0 Å². The third kappa shape index (κ3) is 7.65. The molecule has 0 aromatic carbocycles. The molecule has 0 fully saturated rings. The summed E-state index contributed by atoms with van der Waals surface area (Å²) in [4.78, 5) is 22.5. The molecule has 0 rings (SSSR count). The van der Waals surface area contributed by atoms with Gasteiger partial charge in [0.1, 0.15) is 13.2 Å². The van der Waals surface area contributed by atoms with Crippen molar-refractivity contribution in [3.8, 4) is 0 Å². The molecule has 0 saturated heterocycles. The second kappa shape index (κ2) is 6.99. The molecule has 0 atom stereocenters. The van der Waals surface area contributed by atoms with E-state index in [2.05, 4.69) is 13.2 Å². The Kier molecular flexibility index (Phi) is 6.37. The molecule has 4 heteroatoms. The number of ether oxygens (including phenoxy) is 2. The van der Waals surface area contributed by atoms with Gasteiger partial charge in [0.2, 0.25) is 0 Å². The summed E-state index contributed by atoms with van der Waals surface area (Å²) < 4.78 is 9.72. The SMILES string of the molecule is C=C(C)C(=O)OCCOC(=O)C(=C)CC(C)(C)C. The van der Waals surface area contributed by atoms with Crippen LogP contribution in [-0.2, 0) is 19.1 Å². The predicted molar refractivity (Wildman–Crippen MR) is 69.9 cm³/mol. The van der Waals surface area contributed by atoms with Crippen molar-refractivity contribution in [3.63, 3.8) is 0 Å². The van der Waals surface area contributed by atoms with Crippen molar-refractivity contribution in [1.29, 1.82) is 0 Å². The van der Waals surface area contributed by atoms with Gasteiger partial charge < -0.3 is 9.47 Å². The van der Waals surface area contributed by atoms with Crippen molar-refractivity contribution in [2.45, 2.75) is 34.1 Å². The van der Waals surface area contributed by atoms with Crippen LogP contribution in [-0.4, -0.2) is 25.2 Å². The van der Waals surface area contributed by atoms with Crippen LogP contribution in [0.1, 0.15) is 34.1 Å². The second-order valence-corrected chi connectivity index (χ2v) is 5.39. The first-order valence-corrected chi connectivity index (χ1v) is 5.81. The minimum absolute atomic E-state index is 0.0114. The quantitative estimate of drug-likeness (QED) is 0.415. The normalized spacial score (nSPS) is 10.7. The molecule has 0 amide bonds. The molecule has 0 aromatic heterocycles. The van der Waals surface area contributed by atoms with Gasteiger partial charge in [-0.2, -0.15) is 0 Å². The lowest BCUT2D eigenvalue weighted by Gasteiger charge is -2.18. The van der Waals surface area contributed by atoms with Gasteiger partial charge in [0.25, 0.3) is 0 Å². The Morgan fingerprint density at radius 2 is 1.44 bits per heavy atom. The lowest BCUT2D eigenvalue weighted by atomic mass is 9.88. The van der Waals surface area contributed by atoms with Crippen molar-refractivity contribution >= 4 is 11.9 Å². The summed E-state index contributed by atoms with van der Waals surface area (Å²) >= 11 is 0. The van der Waals surface area contributed by atoms with Crippen molar-refractivity contribution in [2.75, 3.05) is 13.2 Å². The molecule has 18 heavy (non-hydrogen) atoms. The highest BCUT2D eigenvalue weighted by atomic mass is 16.6. The van der Waals surface area contributed by atoms with Crippen LogP contribution in [0.3, 0.4) is 0 Å². The van der Waals surface area contributed by atoms with E-state index in [4.69, 9.17) is 9.47 Å². The van der Waals surface area contributed by atoms with Crippen molar-refractivity contribution < 1.29 is 19.1 Å². The van der Waals surface area contributed by atoms with Crippen LogP contribution in [0.15, 0.2) is 24.3 Å². The highest BCUT2D eigenvalue weighted by Crippen LogP contribution is 2.23. The topological polar surface area (TPSA) is 52.6 Å². The molecule has 0 saturated carbocycles. The van der Waals surface area contributed by atoms with Crippen molar-refractivity contribution in [3.05, 3.63) is 24.3 Å². The van der Waals surface area contributed by atoms with E-state index in [0.29, 0.717) is 17.6 Å². The molecule has 0 radical (unpaired) electrons. The Balaban J connectivity index is 3.88. The molecule has 0 aliphatic rings. The van der Waals surface area contributed by atoms with Crippen LogP contribution >= 0.6 is 0 Å². The van der Waals surface area contributed by atoms with Gasteiger partial charge in [-0.05, 0) is 18.8 Å². The Morgan fingerprint density at radius 3 is 1.83 bits per heavy atom. The number of rotatable bonds is 6. The van der Waals surface area contributed by atoms with Gasteiger partial charge in [0.05, 0.1) is 0 Å². The average molecular weight is 254 g/mol. The fourth-order valence-electron chi connectivity index (χ4n) is 1.21.